The molecule has 294 valence electrons. The minimum Gasteiger partial charge on any atom is -0.252 e. The summed E-state index contributed by atoms with van der Waals surface area (Å²) >= 11 is 13.6. The van der Waals surface area contributed by atoms with Gasteiger partial charge in [0.1, 0.15) is 33.5 Å². The number of unbranched alkanes of at least 4 members (excludes halogenated alkanes) is 18. The number of halogens is 2. The van der Waals surface area contributed by atoms with Gasteiger partial charge in [0.25, 0.3) is 0 Å². The Bertz CT molecular complexity index is 1980. The zero-order valence-corrected chi connectivity index (χ0v) is 38.9. The topological polar surface area (TPSA) is 77.3 Å². The van der Waals surface area contributed by atoms with Gasteiger partial charge in [-0.05, 0) is 68.0 Å². The number of fused-ring (bicyclic) bond motifs is 5. The Hall–Kier alpha value is -1.70. The van der Waals surface area contributed by atoms with Crippen molar-refractivity contribution < 1.29 is 0 Å². The van der Waals surface area contributed by atoms with Crippen LogP contribution in [0.15, 0.2) is 33.5 Å². The fourth-order valence-electron chi connectivity index (χ4n) is 8.55. The van der Waals surface area contributed by atoms with E-state index in [-0.39, 0.29) is 5.41 Å². The molecular formula is C43H54Br2N6S4. The molecule has 0 aliphatic heterocycles. The lowest BCUT2D eigenvalue weighted by atomic mass is 9.71. The Morgan fingerprint density at radius 1 is 0.473 bits per heavy atom. The van der Waals surface area contributed by atoms with Crippen molar-refractivity contribution >= 4 is 100 Å². The van der Waals surface area contributed by atoms with Gasteiger partial charge in [0.05, 0.1) is 42.2 Å². The Kier molecular flexibility index (Phi) is 15.3. The SMILES string of the molecule is CCCCCCCCCCCCC1(CCCCCCCCCCCC)c2cc(-c3ncc(Br)c4nsnc34)sc2-c2sc(-c3ncc(Br)c4nsnc34)cc21. The summed E-state index contributed by atoms with van der Waals surface area (Å²) in [5.74, 6) is 0. The van der Waals surface area contributed by atoms with E-state index in [1.54, 1.807) is 0 Å². The molecule has 1 aliphatic carbocycles. The van der Waals surface area contributed by atoms with Crippen molar-refractivity contribution in [2.45, 2.75) is 161 Å². The van der Waals surface area contributed by atoms with Crippen LogP contribution in [-0.2, 0) is 5.41 Å². The number of pyridine rings is 2. The predicted molar refractivity (Wildman–Crippen MR) is 245 cm³/mol. The molecule has 0 unspecified atom stereocenters. The molecule has 6 nitrogen and oxygen atoms in total. The summed E-state index contributed by atoms with van der Waals surface area (Å²) in [6.45, 7) is 4.60. The molecule has 0 amide bonds. The van der Waals surface area contributed by atoms with Crippen molar-refractivity contribution in [3.8, 4) is 30.9 Å². The normalized spacial score (nSPS) is 13.4. The van der Waals surface area contributed by atoms with Gasteiger partial charge in [-0.1, -0.05) is 142 Å². The van der Waals surface area contributed by atoms with Crippen molar-refractivity contribution in [2.75, 3.05) is 0 Å². The smallest absolute Gasteiger partial charge is 0.133 e. The van der Waals surface area contributed by atoms with E-state index in [2.05, 4.69) is 66.6 Å². The zero-order chi connectivity index (χ0) is 38.0. The Morgan fingerprint density at radius 3 is 1.20 bits per heavy atom. The molecule has 6 heterocycles. The summed E-state index contributed by atoms with van der Waals surface area (Å²) in [6, 6.07) is 4.99. The number of thiophene rings is 2. The lowest BCUT2D eigenvalue weighted by Crippen LogP contribution is -2.25. The first-order valence-corrected chi connectivity index (χ1v) is 25.6. The number of hydrogen-bond acceptors (Lipinski definition) is 10. The Labute approximate surface area is 360 Å². The molecule has 0 radical (unpaired) electrons. The third-order valence-corrected chi connectivity index (χ3v) is 16.2. The second-order valence-corrected chi connectivity index (χ2v) is 20.4. The molecule has 0 bridgehead atoms. The highest BCUT2D eigenvalue weighted by Crippen LogP contribution is 2.62. The first-order chi connectivity index (χ1) is 27.1. The maximum absolute atomic E-state index is 4.95. The van der Waals surface area contributed by atoms with E-state index in [0.29, 0.717) is 0 Å². The Morgan fingerprint density at radius 2 is 0.818 bits per heavy atom. The largest absolute Gasteiger partial charge is 0.252 e. The quantitative estimate of drug-likeness (QED) is 0.0563. The summed E-state index contributed by atoms with van der Waals surface area (Å²) in [4.78, 5) is 15.1. The van der Waals surface area contributed by atoms with Crippen molar-refractivity contribution in [3.05, 3.63) is 44.6 Å². The van der Waals surface area contributed by atoms with E-state index < -0.39 is 0 Å². The average molecular weight is 943 g/mol. The highest BCUT2D eigenvalue weighted by molar-refractivity contribution is 9.11. The number of hydrogen-bond donors (Lipinski definition) is 0. The molecule has 6 aromatic rings. The maximum atomic E-state index is 4.95. The second kappa shape index (κ2) is 20.3. The number of aromatic nitrogens is 6. The second-order valence-electron chi connectivity index (χ2n) is 15.5. The lowest BCUT2D eigenvalue weighted by Gasteiger charge is -2.31. The minimum atomic E-state index is -0.0297. The van der Waals surface area contributed by atoms with Crippen LogP contribution in [0.4, 0.5) is 0 Å². The summed E-state index contributed by atoms with van der Waals surface area (Å²) in [6.07, 6.45) is 33.2. The molecule has 7 rings (SSSR count). The summed E-state index contributed by atoms with van der Waals surface area (Å²) in [5, 5.41) is 0. The van der Waals surface area contributed by atoms with E-state index in [1.165, 1.54) is 195 Å². The highest BCUT2D eigenvalue weighted by Gasteiger charge is 2.46. The standard InChI is InChI=1S/C43H54Br2N6S4/c1-3-5-7-9-11-13-15-17-19-21-23-43(24-22-20-18-16-14-12-10-8-6-4-2)29-25-33(37-39-35(48-54-50-39)31(44)27-46-37)52-41(29)42-30(43)26-34(53-42)38-40-36(49-55-51-40)32(45)28-47-38/h25-28H,3-24H2,1-2H3. The van der Waals surface area contributed by atoms with Gasteiger partial charge >= 0.3 is 0 Å². The molecule has 1 aliphatic rings. The Balaban J connectivity index is 1.19. The van der Waals surface area contributed by atoms with Crippen molar-refractivity contribution in [1.82, 2.24) is 27.5 Å². The molecule has 6 aromatic heterocycles. The number of nitrogens with zero attached hydrogens (tertiary/aromatic N) is 6. The van der Waals surface area contributed by atoms with Crippen LogP contribution in [0.25, 0.3) is 53.0 Å². The predicted octanol–water partition coefficient (Wildman–Crippen LogP) is 16.4. The molecule has 0 fully saturated rings. The van der Waals surface area contributed by atoms with Crippen LogP contribution in [-0.4, -0.2) is 27.5 Å². The molecule has 55 heavy (non-hydrogen) atoms. The first kappa shape index (κ1) is 41.5. The molecule has 12 heteroatoms. The van der Waals surface area contributed by atoms with E-state index in [0.717, 1.165) is 42.4 Å². The van der Waals surface area contributed by atoms with Gasteiger partial charge in [-0.3, -0.25) is 9.97 Å². The van der Waals surface area contributed by atoms with Gasteiger partial charge in [0.2, 0.25) is 0 Å². The van der Waals surface area contributed by atoms with Gasteiger partial charge in [-0.2, -0.15) is 17.5 Å². The monoisotopic (exact) mass is 940 g/mol. The van der Waals surface area contributed by atoms with Crippen molar-refractivity contribution in [1.29, 1.82) is 0 Å². The number of rotatable bonds is 24. The van der Waals surface area contributed by atoms with Crippen LogP contribution in [0.3, 0.4) is 0 Å². The van der Waals surface area contributed by atoms with Gasteiger partial charge in [0, 0.05) is 27.6 Å². The third-order valence-electron chi connectivity index (χ3n) is 11.6. The van der Waals surface area contributed by atoms with Crippen LogP contribution in [0, 0.1) is 0 Å². The van der Waals surface area contributed by atoms with E-state index in [4.69, 9.17) is 18.7 Å². The molecule has 0 saturated carbocycles. The zero-order valence-electron chi connectivity index (χ0n) is 32.4. The van der Waals surface area contributed by atoms with Gasteiger partial charge < -0.3 is 0 Å². The fourth-order valence-corrected chi connectivity index (χ4v) is 13.3. The third kappa shape index (κ3) is 9.46. The first-order valence-electron chi connectivity index (χ1n) is 20.9. The van der Waals surface area contributed by atoms with Gasteiger partial charge in [0.15, 0.2) is 0 Å². The maximum Gasteiger partial charge on any atom is 0.133 e. The van der Waals surface area contributed by atoms with Gasteiger partial charge in [-0.15, -0.1) is 22.7 Å². The summed E-state index contributed by atoms with van der Waals surface area (Å²) < 4.78 is 20.5. The lowest BCUT2D eigenvalue weighted by molar-refractivity contribution is 0.398. The van der Waals surface area contributed by atoms with Crippen LogP contribution < -0.4 is 0 Å². The van der Waals surface area contributed by atoms with Crippen LogP contribution >= 0.6 is 78.0 Å². The molecular weight excluding hydrogens is 889 g/mol. The molecule has 0 aromatic carbocycles. The van der Waals surface area contributed by atoms with Crippen LogP contribution in [0.5, 0.6) is 0 Å². The van der Waals surface area contributed by atoms with Crippen molar-refractivity contribution in [2.24, 2.45) is 0 Å². The highest BCUT2D eigenvalue weighted by atomic mass is 79.9. The fraction of sp³-hybridized carbons (Fsp3) is 0.581. The molecule has 0 atom stereocenters. The minimum absolute atomic E-state index is 0.0297. The molecule has 0 spiro atoms. The van der Waals surface area contributed by atoms with Crippen LogP contribution in [0.2, 0.25) is 0 Å². The average Bonchev–Trinajstić information content (AvgIpc) is 4.04. The summed E-state index contributed by atoms with van der Waals surface area (Å²) in [5.41, 5.74) is 8.45. The van der Waals surface area contributed by atoms with E-state index in [9.17, 15) is 0 Å². The van der Waals surface area contributed by atoms with Gasteiger partial charge in [-0.25, -0.2) is 0 Å². The summed E-state index contributed by atoms with van der Waals surface area (Å²) in [7, 11) is 0. The van der Waals surface area contributed by atoms with E-state index in [1.807, 2.05) is 35.1 Å². The van der Waals surface area contributed by atoms with Crippen molar-refractivity contribution in [3.63, 3.8) is 0 Å². The van der Waals surface area contributed by atoms with Crippen LogP contribution in [0.1, 0.15) is 166 Å². The molecule has 0 saturated heterocycles. The molecule has 0 N–H and O–H groups in total. The van der Waals surface area contributed by atoms with E-state index >= 15 is 0 Å².